The molecule has 2 N–H and O–H groups in total. The molecule has 0 amide bonds. The highest BCUT2D eigenvalue weighted by molar-refractivity contribution is 6.34. The van der Waals surface area contributed by atoms with Crippen molar-refractivity contribution < 1.29 is 4.39 Å². The zero-order valence-electron chi connectivity index (χ0n) is 9.37. The van der Waals surface area contributed by atoms with Gasteiger partial charge in [0.05, 0.1) is 10.7 Å². The van der Waals surface area contributed by atoms with Crippen molar-refractivity contribution in [3.05, 3.63) is 59.5 Å². The van der Waals surface area contributed by atoms with Gasteiger partial charge in [-0.25, -0.2) is 4.39 Å². The summed E-state index contributed by atoms with van der Waals surface area (Å²) < 4.78 is 12.8. The maximum atomic E-state index is 12.8. The fourth-order valence-corrected chi connectivity index (χ4v) is 2.07. The molecule has 2 nitrogen and oxygen atoms in total. The molecule has 0 radical (unpaired) electrons. The van der Waals surface area contributed by atoms with E-state index >= 15 is 0 Å². The van der Waals surface area contributed by atoms with E-state index in [4.69, 9.17) is 11.6 Å². The van der Waals surface area contributed by atoms with Crippen molar-refractivity contribution in [2.75, 3.05) is 5.32 Å². The molecule has 2 aromatic carbocycles. The lowest BCUT2D eigenvalue weighted by Gasteiger charge is -2.08. The predicted molar refractivity (Wildman–Crippen MR) is 73.0 cm³/mol. The van der Waals surface area contributed by atoms with Gasteiger partial charge in [0, 0.05) is 22.8 Å². The number of hydrogen-bond acceptors (Lipinski definition) is 1. The van der Waals surface area contributed by atoms with Crippen LogP contribution in [0.2, 0.25) is 5.02 Å². The van der Waals surface area contributed by atoms with Gasteiger partial charge in [0.1, 0.15) is 5.82 Å². The Kier molecular flexibility index (Phi) is 2.68. The molecule has 0 aliphatic heterocycles. The maximum absolute atomic E-state index is 12.8. The Hall–Kier alpha value is -2.00. The number of halogens is 2. The molecule has 90 valence electrons. The molecule has 0 atom stereocenters. The summed E-state index contributed by atoms with van der Waals surface area (Å²) in [5.74, 6) is -0.257. The van der Waals surface area contributed by atoms with Crippen molar-refractivity contribution in [2.24, 2.45) is 0 Å². The summed E-state index contributed by atoms with van der Waals surface area (Å²) in [4.78, 5) is 3.10. The number of hydrogen-bond donors (Lipinski definition) is 2. The lowest BCUT2D eigenvalue weighted by Crippen LogP contribution is -1.91. The number of aromatic amines is 1. The van der Waals surface area contributed by atoms with Gasteiger partial charge < -0.3 is 10.3 Å². The number of H-pyrrole nitrogens is 1. The summed E-state index contributed by atoms with van der Waals surface area (Å²) in [5.41, 5.74) is 2.59. The summed E-state index contributed by atoms with van der Waals surface area (Å²) in [7, 11) is 0. The van der Waals surface area contributed by atoms with Crippen LogP contribution < -0.4 is 5.32 Å². The molecule has 0 saturated heterocycles. The van der Waals surface area contributed by atoms with E-state index in [0.717, 1.165) is 22.3 Å². The van der Waals surface area contributed by atoms with E-state index in [1.807, 2.05) is 24.4 Å². The van der Waals surface area contributed by atoms with Crippen LogP contribution in [0.4, 0.5) is 15.8 Å². The minimum Gasteiger partial charge on any atom is -0.361 e. The van der Waals surface area contributed by atoms with E-state index in [2.05, 4.69) is 10.3 Å². The monoisotopic (exact) mass is 260 g/mol. The fraction of sp³-hybridized carbons (Fsp3) is 0. The summed E-state index contributed by atoms with van der Waals surface area (Å²) in [6.07, 6.45) is 1.86. The van der Waals surface area contributed by atoms with Crippen LogP contribution in [0.15, 0.2) is 48.7 Å². The van der Waals surface area contributed by atoms with Crippen molar-refractivity contribution in [3.8, 4) is 0 Å². The van der Waals surface area contributed by atoms with Crippen molar-refractivity contribution in [3.63, 3.8) is 0 Å². The van der Waals surface area contributed by atoms with E-state index in [1.165, 1.54) is 12.1 Å². The minimum atomic E-state index is -0.257. The Bertz CT molecular complexity index is 689. The van der Waals surface area contributed by atoms with Gasteiger partial charge in [-0.05, 0) is 42.5 Å². The Labute approximate surface area is 108 Å². The van der Waals surface area contributed by atoms with E-state index in [9.17, 15) is 4.39 Å². The number of rotatable bonds is 2. The van der Waals surface area contributed by atoms with Crippen LogP contribution in [0.3, 0.4) is 0 Å². The van der Waals surface area contributed by atoms with Crippen LogP contribution >= 0.6 is 11.6 Å². The smallest absolute Gasteiger partial charge is 0.123 e. The van der Waals surface area contributed by atoms with Crippen molar-refractivity contribution >= 4 is 33.9 Å². The molecule has 18 heavy (non-hydrogen) atoms. The second-order valence-corrected chi connectivity index (χ2v) is 4.44. The Morgan fingerprint density at radius 2 is 1.83 bits per heavy atom. The molecule has 0 aliphatic carbocycles. The number of aromatic nitrogens is 1. The third-order valence-corrected chi connectivity index (χ3v) is 3.08. The number of anilines is 2. The van der Waals surface area contributed by atoms with Crippen LogP contribution in [-0.2, 0) is 0 Å². The summed E-state index contributed by atoms with van der Waals surface area (Å²) in [6, 6.07) is 12.0. The van der Waals surface area contributed by atoms with E-state index < -0.39 is 0 Å². The number of benzene rings is 2. The molecule has 3 rings (SSSR count). The average molecular weight is 261 g/mol. The summed E-state index contributed by atoms with van der Waals surface area (Å²) in [6.45, 7) is 0. The molecule has 1 aromatic heterocycles. The van der Waals surface area contributed by atoms with Crippen LogP contribution in [0.25, 0.3) is 10.9 Å². The second-order valence-electron chi connectivity index (χ2n) is 4.03. The average Bonchev–Trinajstić information content (AvgIpc) is 2.79. The highest BCUT2D eigenvalue weighted by atomic mass is 35.5. The Morgan fingerprint density at radius 3 is 2.61 bits per heavy atom. The Morgan fingerprint density at radius 1 is 1.06 bits per heavy atom. The first-order valence-corrected chi connectivity index (χ1v) is 5.89. The number of nitrogens with one attached hydrogen (secondary N) is 2. The van der Waals surface area contributed by atoms with Gasteiger partial charge >= 0.3 is 0 Å². The van der Waals surface area contributed by atoms with Gasteiger partial charge in [-0.1, -0.05) is 11.6 Å². The molecule has 0 spiro atoms. The van der Waals surface area contributed by atoms with Gasteiger partial charge in [0.25, 0.3) is 0 Å². The lowest BCUT2D eigenvalue weighted by atomic mass is 10.2. The van der Waals surface area contributed by atoms with Gasteiger partial charge in [0.15, 0.2) is 0 Å². The molecule has 0 aliphatic rings. The molecular weight excluding hydrogens is 251 g/mol. The third kappa shape index (κ3) is 2.05. The standard InChI is InChI=1S/C14H10ClFN2/c15-12-8-13-9(5-6-17-13)7-14(12)18-11-3-1-10(16)2-4-11/h1-8,17-18H. The van der Waals surface area contributed by atoms with Gasteiger partial charge in [-0.3, -0.25) is 0 Å². The molecule has 4 heteroatoms. The largest absolute Gasteiger partial charge is 0.361 e. The molecule has 0 saturated carbocycles. The van der Waals surface area contributed by atoms with Crippen LogP contribution in [0.1, 0.15) is 0 Å². The second kappa shape index (κ2) is 4.35. The zero-order chi connectivity index (χ0) is 12.5. The topological polar surface area (TPSA) is 27.8 Å². The SMILES string of the molecule is Fc1ccc(Nc2cc3cc[nH]c3cc2Cl)cc1. The van der Waals surface area contributed by atoms with Crippen LogP contribution in [0.5, 0.6) is 0 Å². The van der Waals surface area contributed by atoms with Crippen molar-refractivity contribution in [2.45, 2.75) is 0 Å². The Balaban J connectivity index is 1.98. The lowest BCUT2D eigenvalue weighted by molar-refractivity contribution is 0.628. The van der Waals surface area contributed by atoms with E-state index in [0.29, 0.717) is 5.02 Å². The quantitative estimate of drug-likeness (QED) is 0.686. The van der Waals surface area contributed by atoms with Gasteiger partial charge in [-0.2, -0.15) is 0 Å². The zero-order valence-corrected chi connectivity index (χ0v) is 10.1. The molecule has 3 aromatic rings. The molecule has 1 heterocycles. The third-order valence-electron chi connectivity index (χ3n) is 2.76. The predicted octanol–water partition coefficient (Wildman–Crippen LogP) is 4.70. The molecule has 0 unspecified atom stereocenters. The summed E-state index contributed by atoms with van der Waals surface area (Å²) in [5, 5.41) is 4.86. The highest BCUT2D eigenvalue weighted by Crippen LogP contribution is 2.30. The van der Waals surface area contributed by atoms with Crippen molar-refractivity contribution in [1.29, 1.82) is 0 Å². The summed E-state index contributed by atoms with van der Waals surface area (Å²) >= 11 is 6.18. The van der Waals surface area contributed by atoms with E-state index in [1.54, 1.807) is 12.1 Å². The fourth-order valence-electron chi connectivity index (χ4n) is 1.86. The first-order valence-electron chi connectivity index (χ1n) is 5.51. The first kappa shape index (κ1) is 11.1. The minimum absolute atomic E-state index is 0.257. The normalized spacial score (nSPS) is 10.8. The molecule has 0 fully saturated rings. The highest BCUT2D eigenvalue weighted by Gasteiger charge is 2.04. The van der Waals surface area contributed by atoms with E-state index in [-0.39, 0.29) is 5.82 Å². The van der Waals surface area contributed by atoms with Crippen LogP contribution in [0, 0.1) is 5.82 Å². The van der Waals surface area contributed by atoms with Crippen LogP contribution in [-0.4, -0.2) is 4.98 Å². The van der Waals surface area contributed by atoms with Crippen molar-refractivity contribution in [1.82, 2.24) is 4.98 Å². The maximum Gasteiger partial charge on any atom is 0.123 e. The molecular formula is C14H10ClFN2. The molecule has 0 bridgehead atoms. The first-order chi connectivity index (χ1) is 8.72. The van der Waals surface area contributed by atoms with Gasteiger partial charge in [-0.15, -0.1) is 0 Å². The number of fused-ring (bicyclic) bond motifs is 1. The van der Waals surface area contributed by atoms with Gasteiger partial charge in [0.2, 0.25) is 0 Å².